The summed E-state index contributed by atoms with van der Waals surface area (Å²) in [6, 6.07) is 12.8. The van der Waals surface area contributed by atoms with Gasteiger partial charge in [-0.1, -0.05) is 18.2 Å². The van der Waals surface area contributed by atoms with E-state index in [2.05, 4.69) is 20.9 Å². The summed E-state index contributed by atoms with van der Waals surface area (Å²) in [6.45, 7) is 2.60. The van der Waals surface area contributed by atoms with E-state index < -0.39 is 5.82 Å². The fourth-order valence-electron chi connectivity index (χ4n) is 4.31. The van der Waals surface area contributed by atoms with Crippen LogP contribution in [-0.4, -0.2) is 52.5 Å². The SMILES string of the molecule is CC(=O)Nc1cc(Nc2nc(-c3cn(C)c4ccccc34)c3occc3n2)cc(F)c1NCCN(C)C. The molecule has 2 aromatic carbocycles. The highest BCUT2D eigenvalue weighted by Gasteiger charge is 2.18. The lowest BCUT2D eigenvalue weighted by molar-refractivity contribution is -0.114. The summed E-state index contributed by atoms with van der Waals surface area (Å²) in [5.41, 5.74) is 4.71. The number of carbonyl (C=O) groups excluding carboxylic acids is 1. The minimum Gasteiger partial charge on any atom is -0.460 e. The van der Waals surface area contributed by atoms with Gasteiger partial charge in [-0.25, -0.2) is 14.4 Å². The quantitative estimate of drug-likeness (QED) is 0.269. The Hall–Kier alpha value is -4.44. The summed E-state index contributed by atoms with van der Waals surface area (Å²) < 4.78 is 23.0. The number of benzene rings is 2. The van der Waals surface area contributed by atoms with E-state index in [1.54, 1.807) is 18.4 Å². The Morgan fingerprint density at radius 2 is 1.97 bits per heavy atom. The Morgan fingerprint density at radius 3 is 2.76 bits per heavy atom. The molecule has 0 saturated carbocycles. The van der Waals surface area contributed by atoms with Crippen LogP contribution in [0.5, 0.6) is 0 Å². The zero-order valence-electron chi connectivity index (χ0n) is 21.1. The summed E-state index contributed by atoms with van der Waals surface area (Å²) in [5.74, 6) is -0.536. The van der Waals surface area contributed by atoms with Crippen molar-refractivity contribution in [1.82, 2.24) is 19.4 Å². The lowest BCUT2D eigenvalue weighted by Gasteiger charge is -2.17. The van der Waals surface area contributed by atoms with Crippen LogP contribution in [-0.2, 0) is 11.8 Å². The number of likely N-dealkylation sites (N-methyl/N-ethyl adjacent to an activating group) is 1. The molecule has 5 rings (SSSR count). The van der Waals surface area contributed by atoms with Gasteiger partial charge in [0, 0.05) is 61.5 Å². The number of nitrogens with zero attached hydrogens (tertiary/aromatic N) is 4. The van der Waals surface area contributed by atoms with Crippen molar-refractivity contribution in [1.29, 1.82) is 0 Å². The average molecular weight is 502 g/mol. The molecule has 1 amide bonds. The maximum atomic E-state index is 15.2. The number of nitrogens with one attached hydrogen (secondary N) is 3. The first kappa shape index (κ1) is 24.3. The van der Waals surface area contributed by atoms with Crippen LogP contribution in [0.4, 0.5) is 27.4 Å². The molecule has 190 valence electrons. The normalized spacial score (nSPS) is 11.4. The van der Waals surface area contributed by atoms with E-state index in [4.69, 9.17) is 9.40 Å². The van der Waals surface area contributed by atoms with Crippen molar-refractivity contribution in [3.8, 4) is 11.3 Å². The van der Waals surface area contributed by atoms with E-state index in [-0.39, 0.29) is 17.5 Å². The van der Waals surface area contributed by atoms with Gasteiger partial charge in [0.15, 0.2) is 11.4 Å². The highest BCUT2D eigenvalue weighted by Crippen LogP contribution is 2.35. The second-order valence-corrected chi connectivity index (χ2v) is 9.12. The number of hydrogen-bond acceptors (Lipinski definition) is 7. The van der Waals surface area contributed by atoms with Gasteiger partial charge in [-0.3, -0.25) is 4.79 Å². The van der Waals surface area contributed by atoms with Crippen molar-refractivity contribution in [3.63, 3.8) is 0 Å². The number of halogens is 1. The minimum atomic E-state index is -0.508. The first-order valence-electron chi connectivity index (χ1n) is 11.9. The van der Waals surface area contributed by atoms with E-state index >= 15 is 4.39 Å². The van der Waals surface area contributed by atoms with Crippen molar-refractivity contribution < 1.29 is 13.6 Å². The summed E-state index contributed by atoms with van der Waals surface area (Å²) in [4.78, 5) is 23.1. The second-order valence-electron chi connectivity index (χ2n) is 9.12. The first-order valence-corrected chi connectivity index (χ1v) is 11.9. The number of furan rings is 1. The van der Waals surface area contributed by atoms with Gasteiger partial charge in [-0.15, -0.1) is 0 Å². The Kier molecular flexibility index (Phi) is 6.49. The zero-order valence-corrected chi connectivity index (χ0v) is 21.1. The molecule has 0 saturated heterocycles. The smallest absolute Gasteiger partial charge is 0.228 e. The fourth-order valence-corrected chi connectivity index (χ4v) is 4.31. The Balaban J connectivity index is 1.54. The van der Waals surface area contributed by atoms with E-state index in [9.17, 15) is 4.79 Å². The van der Waals surface area contributed by atoms with Crippen LogP contribution >= 0.6 is 0 Å². The molecule has 0 aliphatic carbocycles. The number of carbonyl (C=O) groups is 1. The van der Waals surface area contributed by atoms with Crippen LogP contribution in [0.25, 0.3) is 33.3 Å². The molecule has 9 nitrogen and oxygen atoms in total. The van der Waals surface area contributed by atoms with Gasteiger partial charge in [0.25, 0.3) is 0 Å². The van der Waals surface area contributed by atoms with E-state index in [1.807, 2.05) is 61.1 Å². The minimum absolute atomic E-state index is 0.227. The first-order chi connectivity index (χ1) is 17.8. The standard InChI is InChI=1S/C27H28FN7O2/c1-16(36)30-22-14-17(13-20(28)25(22)29-10-11-34(2)3)31-27-32-21-9-12-37-26(21)24(33-27)19-15-35(4)23-8-6-5-7-18(19)23/h5-9,12-15,29H,10-11H2,1-4H3,(H,30,36)(H,31,32,33). The molecule has 0 fully saturated rings. The third-order valence-electron chi connectivity index (χ3n) is 5.97. The summed E-state index contributed by atoms with van der Waals surface area (Å²) in [6.07, 6.45) is 3.57. The average Bonchev–Trinajstić information content (AvgIpc) is 3.44. The predicted octanol–water partition coefficient (Wildman–Crippen LogP) is 5.20. The van der Waals surface area contributed by atoms with Crippen LogP contribution in [0.2, 0.25) is 0 Å². The summed E-state index contributed by atoms with van der Waals surface area (Å²) >= 11 is 0. The number of hydrogen-bond donors (Lipinski definition) is 3. The number of rotatable bonds is 8. The van der Waals surface area contributed by atoms with Crippen molar-refractivity contribution in [2.75, 3.05) is 43.1 Å². The second kappa shape index (κ2) is 9.90. The zero-order chi connectivity index (χ0) is 26.1. The van der Waals surface area contributed by atoms with Gasteiger partial charge >= 0.3 is 0 Å². The number of amides is 1. The lowest BCUT2D eigenvalue weighted by Crippen LogP contribution is -2.22. The van der Waals surface area contributed by atoms with Crippen molar-refractivity contribution in [2.24, 2.45) is 7.05 Å². The third-order valence-corrected chi connectivity index (χ3v) is 5.97. The molecule has 5 aromatic rings. The van der Waals surface area contributed by atoms with Gasteiger partial charge in [-0.2, -0.15) is 0 Å². The molecule has 0 spiro atoms. The maximum absolute atomic E-state index is 15.2. The molecule has 0 radical (unpaired) electrons. The van der Waals surface area contributed by atoms with Crippen LogP contribution in [0, 0.1) is 5.82 Å². The van der Waals surface area contributed by atoms with Crippen LogP contribution in [0.1, 0.15) is 6.92 Å². The molecule has 3 heterocycles. The third kappa shape index (κ3) is 4.96. The topological polar surface area (TPSA) is 100 Å². The van der Waals surface area contributed by atoms with Gasteiger partial charge in [0.1, 0.15) is 11.2 Å². The summed E-state index contributed by atoms with van der Waals surface area (Å²) in [7, 11) is 5.85. The fraction of sp³-hybridized carbons (Fsp3) is 0.222. The molecule has 0 unspecified atom stereocenters. The molecule has 0 aliphatic heterocycles. The largest absolute Gasteiger partial charge is 0.460 e. The van der Waals surface area contributed by atoms with E-state index in [0.717, 1.165) is 16.5 Å². The predicted molar refractivity (Wildman–Crippen MR) is 145 cm³/mol. The maximum Gasteiger partial charge on any atom is 0.228 e. The molecular weight excluding hydrogens is 473 g/mol. The molecule has 3 aromatic heterocycles. The van der Waals surface area contributed by atoms with Crippen LogP contribution in [0.3, 0.4) is 0 Å². The van der Waals surface area contributed by atoms with E-state index in [0.29, 0.717) is 41.3 Å². The number of fused-ring (bicyclic) bond motifs is 2. The van der Waals surface area contributed by atoms with Gasteiger partial charge in [-0.05, 0) is 32.3 Å². The van der Waals surface area contributed by atoms with Gasteiger partial charge in [0.05, 0.1) is 17.6 Å². The molecule has 0 atom stereocenters. The Morgan fingerprint density at radius 1 is 1.16 bits per heavy atom. The van der Waals surface area contributed by atoms with Crippen LogP contribution in [0.15, 0.2) is 59.3 Å². The molecule has 10 heteroatoms. The van der Waals surface area contributed by atoms with E-state index in [1.165, 1.54) is 13.0 Å². The lowest BCUT2D eigenvalue weighted by atomic mass is 10.1. The van der Waals surface area contributed by atoms with Crippen molar-refractivity contribution in [3.05, 3.63) is 60.7 Å². The Bertz CT molecular complexity index is 1610. The molecule has 3 N–H and O–H groups in total. The van der Waals surface area contributed by atoms with Crippen molar-refractivity contribution >= 4 is 50.9 Å². The van der Waals surface area contributed by atoms with Crippen molar-refractivity contribution in [2.45, 2.75) is 6.92 Å². The highest BCUT2D eigenvalue weighted by molar-refractivity contribution is 6.01. The number of para-hydroxylation sites is 1. The summed E-state index contributed by atoms with van der Waals surface area (Å²) in [5, 5.41) is 9.92. The monoisotopic (exact) mass is 501 g/mol. The van der Waals surface area contributed by atoms with Gasteiger partial charge < -0.3 is 29.8 Å². The van der Waals surface area contributed by atoms with Gasteiger partial charge in [0.2, 0.25) is 11.9 Å². The molecular formula is C27H28FN7O2. The number of aryl methyl sites for hydroxylation is 1. The highest BCUT2D eigenvalue weighted by atomic mass is 19.1. The molecule has 0 aliphatic rings. The number of anilines is 4. The molecule has 0 bridgehead atoms. The van der Waals surface area contributed by atoms with Crippen LogP contribution < -0.4 is 16.0 Å². The molecule has 37 heavy (non-hydrogen) atoms. The number of aromatic nitrogens is 3. The Labute approximate surface area is 213 Å².